The van der Waals surface area contributed by atoms with Crippen LogP contribution in [0.1, 0.15) is 43.2 Å². The van der Waals surface area contributed by atoms with Gasteiger partial charge in [-0.15, -0.1) is 0 Å². The Hall–Kier alpha value is -4.13. The topological polar surface area (TPSA) is 78.0 Å². The molecule has 0 saturated heterocycles. The lowest BCUT2D eigenvalue weighted by Gasteiger charge is -2.13. The number of allylic oxidation sites excluding steroid dienone is 2. The fourth-order valence-electron chi connectivity index (χ4n) is 4.70. The molecule has 1 aliphatic carbocycles. The van der Waals surface area contributed by atoms with Crippen LogP contribution in [-0.4, -0.2) is 30.4 Å². The van der Waals surface area contributed by atoms with Gasteiger partial charge in [0, 0.05) is 6.54 Å². The molecule has 2 aromatic carbocycles. The molecule has 0 unspecified atom stereocenters. The maximum absolute atomic E-state index is 13.6. The van der Waals surface area contributed by atoms with Gasteiger partial charge in [0.05, 0.1) is 23.6 Å². The molecule has 3 heterocycles. The number of fused-ring (bicyclic) bond motifs is 4. The number of rotatable bonds is 5. The predicted molar refractivity (Wildman–Crippen MR) is 140 cm³/mol. The standard InChI is InChI=1S/C28H26N6O/c1-19-11-13-21(14-12-19)17-30-34-26-24(25-27(34)32-23-10-6-5-9-22(23)31-25)28(35)33(18-29-26)16-15-20-7-3-2-4-8-20/h5-7,9-14,17-18H,2-4,8,15-16H2,1H3. The number of para-hydroxylation sites is 2. The summed E-state index contributed by atoms with van der Waals surface area (Å²) in [6, 6.07) is 15.8. The van der Waals surface area contributed by atoms with Crippen LogP contribution in [0.15, 0.2) is 76.4 Å². The lowest BCUT2D eigenvalue weighted by atomic mass is 9.97. The summed E-state index contributed by atoms with van der Waals surface area (Å²) in [5, 5.41) is 5.15. The first-order valence-corrected chi connectivity index (χ1v) is 12.1. The van der Waals surface area contributed by atoms with E-state index in [9.17, 15) is 4.79 Å². The molecule has 0 atom stereocenters. The summed E-state index contributed by atoms with van der Waals surface area (Å²) in [5.74, 6) is 0. The third-order valence-corrected chi connectivity index (χ3v) is 6.67. The Morgan fingerprint density at radius 3 is 2.57 bits per heavy atom. The number of benzene rings is 2. The van der Waals surface area contributed by atoms with Gasteiger partial charge in [0.2, 0.25) is 0 Å². The van der Waals surface area contributed by atoms with Crippen molar-refractivity contribution in [3.63, 3.8) is 0 Å². The molecule has 35 heavy (non-hydrogen) atoms. The second kappa shape index (κ2) is 8.91. The van der Waals surface area contributed by atoms with Crippen LogP contribution < -0.4 is 5.56 Å². The van der Waals surface area contributed by atoms with Crippen molar-refractivity contribution in [2.75, 3.05) is 0 Å². The Labute approximate surface area is 202 Å². The molecule has 0 aliphatic heterocycles. The Morgan fingerprint density at radius 2 is 1.80 bits per heavy atom. The molecule has 3 aromatic heterocycles. The summed E-state index contributed by atoms with van der Waals surface area (Å²) < 4.78 is 3.33. The van der Waals surface area contributed by atoms with Gasteiger partial charge in [0.15, 0.2) is 11.3 Å². The Kier molecular flexibility index (Phi) is 5.45. The molecular formula is C28H26N6O. The summed E-state index contributed by atoms with van der Waals surface area (Å²) in [5.41, 5.74) is 6.48. The van der Waals surface area contributed by atoms with E-state index in [1.807, 2.05) is 55.5 Å². The molecule has 0 bridgehead atoms. The lowest BCUT2D eigenvalue weighted by Crippen LogP contribution is -2.21. The minimum Gasteiger partial charge on any atom is -0.298 e. The summed E-state index contributed by atoms with van der Waals surface area (Å²) >= 11 is 0. The van der Waals surface area contributed by atoms with E-state index in [-0.39, 0.29) is 5.56 Å². The van der Waals surface area contributed by atoms with Gasteiger partial charge < -0.3 is 0 Å². The highest BCUT2D eigenvalue weighted by Crippen LogP contribution is 2.25. The minimum atomic E-state index is -0.106. The fourth-order valence-corrected chi connectivity index (χ4v) is 4.70. The smallest absolute Gasteiger partial charge is 0.265 e. The molecule has 0 fully saturated rings. The molecule has 0 radical (unpaired) electrons. The van der Waals surface area contributed by atoms with E-state index in [2.05, 4.69) is 16.2 Å². The van der Waals surface area contributed by atoms with E-state index in [1.54, 1.807) is 21.8 Å². The zero-order valence-electron chi connectivity index (χ0n) is 19.7. The third-order valence-electron chi connectivity index (χ3n) is 6.67. The minimum absolute atomic E-state index is 0.106. The Morgan fingerprint density at radius 1 is 1.00 bits per heavy atom. The van der Waals surface area contributed by atoms with Crippen LogP contribution in [-0.2, 0) is 6.54 Å². The molecule has 7 heteroatoms. The van der Waals surface area contributed by atoms with Gasteiger partial charge in [-0.2, -0.15) is 9.78 Å². The first kappa shape index (κ1) is 21.4. The summed E-state index contributed by atoms with van der Waals surface area (Å²) in [4.78, 5) is 28.0. The molecule has 0 spiro atoms. The van der Waals surface area contributed by atoms with Crippen molar-refractivity contribution in [2.45, 2.75) is 45.6 Å². The number of hydrogen-bond donors (Lipinski definition) is 0. The molecular weight excluding hydrogens is 436 g/mol. The summed E-state index contributed by atoms with van der Waals surface area (Å²) in [7, 11) is 0. The lowest BCUT2D eigenvalue weighted by molar-refractivity contribution is 0.610. The maximum atomic E-state index is 13.6. The highest BCUT2D eigenvalue weighted by Gasteiger charge is 2.20. The Balaban J connectivity index is 1.51. The van der Waals surface area contributed by atoms with Gasteiger partial charge in [-0.25, -0.2) is 15.0 Å². The van der Waals surface area contributed by atoms with E-state index in [4.69, 9.17) is 9.97 Å². The van der Waals surface area contributed by atoms with Crippen LogP contribution in [0, 0.1) is 6.92 Å². The van der Waals surface area contributed by atoms with Crippen molar-refractivity contribution in [3.05, 3.63) is 88.0 Å². The van der Waals surface area contributed by atoms with Crippen LogP contribution in [0.3, 0.4) is 0 Å². The second-order valence-electron chi connectivity index (χ2n) is 9.15. The van der Waals surface area contributed by atoms with Gasteiger partial charge in [0.1, 0.15) is 10.9 Å². The van der Waals surface area contributed by atoms with Gasteiger partial charge in [-0.05, 0) is 56.7 Å². The first-order chi connectivity index (χ1) is 17.2. The van der Waals surface area contributed by atoms with Gasteiger partial charge >= 0.3 is 0 Å². The monoisotopic (exact) mass is 462 g/mol. The molecule has 6 rings (SSSR count). The zero-order chi connectivity index (χ0) is 23.8. The first-order valence-electron chi connectivity index (χ1n) is 12.1. The highest BCUT2D eigenvalue weighted by atomic mass is 16.1. The van der Waals surface area contributed by atoms with Gasteiger partial charge in [0.25, 0.3) is 5.56 Å². The van der Waals surface area contributed by atoms with Crippen LogP contribution in [0.5, 0.6) is 0 Å². The molecule has 7 nitrogen and oxygen atoms in total. The van der Waals surface area contributed by atoms with E-state index >= 15 is 0 Å². The number of nitrogens with zero attached hydrogens (tertiary/aromatic N) is 6. The van der Waals surface area contributed by atoms with Crippen LogP contribution in [0.4, 0.5) is 0 Å². The molecule has 0 amide bonds. The average molecular weight is 463 g/mol. The van der Waals surface area contributed by atoms with E-state index in [1.165, 1.54) is 24.0 Å². The number of aryl methyl sites for hydroxylation is 2. The van der Waals surface area contributed by atoms with E-state index < -0.39 is 0 Å². The van der Waals surface area contributed by atoms with Crippen LogP contribution >= 0.6 is 0 Å². The molecule has 1 aliphatic rings. The van der Waals surface area contributed by atoms with Crippen molar-refractivity contribution in [1.29, 1.82) is 0 Å². The van der Waals surface area contributed by atoms with Gasteiger partial charge in [-0.3, -0.25) is 9.36 Å². The highest BCUT2D eigenvalue weighted by molar-refractivity contribution is 6.04. The van der Waals surface area contributed by atoms with Gasteiger partial charge in [-0.1, -0.05) is 53.6 Å². The van der Waals surface area contributed by atoms with Crippen molar-refractivity contribution in [2.24, 2.45) is 5.10 Å². The number of hydrogen-bond acceptors (Lipinski definition) is 5. The maximum Gasteiger partial charge on any atom is 0.265 e. The molecule has 5 aromatic rings. The summed E-state index contributed by atoms with van der Waals surface area (Å²) in [6.07, 6.45) is 11.3. The largest absolute Gasteiger partial charge is 0.298 e. The van der Waals surface area contributed by atoms with Crippen LogP contribution in [0.25, 0.3) is 33.2 Å². The van der Waals surface area contributed by atoms with Crippen LogP contribution in [0.2, 0.25) is 0 Å². The molecule has 0 saturated carbocycles. The van der Waals surface area contributed by atoms with Crippen molar-refractivity contribution in [3.8, 4) is 0 Å². The van der Waals surface area contributed by atoms with Crippen molar-refractivity contribution < 1.29 is 0 Å². The second-order valence-corrected chi connectivity index (χ2v) is 9.15. The fraction of sp³-hybridized carbons (Fsp3) is 0.250. The normalized spacial score (nSPS) is 14.4. The van der Waals surface area contributed by atoms with Crippen molar-refractivity contribution >= 4 is 39.4 Å². The van der Waals surface area contributed by atoms with E-state index in [0.29, 0.717) is 28.7 Å². The predicted octanol–water partition coefficient (Wildman–Crippen LogP) is 5.38. The zero-order valence-corrected chi connectivity index (χ0v) is 19.7. The molecule has 0 N–H and O–H groups in total. The average Bonchev–Trinajstić information content (AvgIpc) is 3.20. The number of aromatic nitrogens is 5. The van der Waals surface area contributed by atoms with E-state index in [0.717, 1.165) is 35.9 Å². The third kappa shape index (κ3) is 4.03. The quantitative estimate of drug-likeness (QED) is 0.260. The van der Waals surface area contributed by atoms with Crippen molar-refractivity contribution in [1.82, 2.24) is 24.2 Å². The summed E-state index contributed by atoms with van der Waals surface area (Å²) in [6.45, 7) is 2.66. The molecule has 174 valence electrons. The SMILES string of the molecule is Cc1ccc(C=Nn2c3nc4ccccc4nc3c3c(=O)n(CCC4=CCCCC4)cnc32)cc1. The Bertz CT molecular complexity index is 1670.